The third-order valence-corrected chi connectivity index (χ3v) is 5.42. The van der Waals surface area contributed by atoms with Crippen molar-refractivity contribution >= 4 is 44.6 Å². The summed E-state index contributed by atoms with van der Waals surface area (Å²) in [5, 5.41) is 8.62. The van der Waals surface area contributed by atoms with Crippen LogP contribution >= 0.6 is 0 Å². The van der Waals surface area contributed by atoms with E-state index in [2.05, 4.69) is 49.5 Å². The minimum absolute atomic E-state index is 0.408. The lowest BCUT2D eigenvalue weighted by Gasteiger charge is -2.19. The molecule has 6 heteroatoms. The number of fused-ring (bicyclic) bond motifs is 4. The monoisotopic (exact) mass is 388 g/mol. The summed E-state index contributed by atoms with van der Waals surface area (Å²) in [6, 6.07) is 16.6. The Labute approximate surface area is 172 Å². The van der Waals surface area contributed by atoms with E-state index in [0.717, 1.165) is 55.1 Å². The minimum atomic E-state index is 0.408. The molecule has 30 heavy (non-hydrogen) atoms. The SMILES string of the molecule is C1=NCN=C(c2c3ccccc3c(-c3cnccn3)c3c2cnc2ccccc23)N1. The van der Waals surface area contributed by atoms with Gasteiger partial charge in [-0.1, -0.05) is 42.5 Å². The van der Waals surface area contributed by atoms with Crippen molar-refractivity contribution in [1.29, 1.82) is 0 Å². The number of aliphatic imine (C=N–C) groups is 2. The van der Waals surface area contributed by atoms with Crippen LogP contribution in [0.5, 0.6) is 0 Å². The van der Waals surface area contributed by atoms with E-state index in [1.165, 1.54) is 0 Å². The molecule has 0 radical (unpaired) electrons. The van der Waals surface area contributed by atoms with Gasteiger partial charge in [-0.15, -0.1) is 0 Å². The minimum Gasteiger partial charge on any atom is -0.331 e. The molecule has 0 bridgehead atoms. The van der Waals surface area contributed by atoms with Gasteiger partial charge >= 0.3 is 0 Å². The zero-order chi connectivity index (χ0) is 19.9. The summed E-state index contributed by atoms with van der Waals surface area (Å²) in [6.45, 7) is 0.408. The van der Waals surface area contributed by atoms with Gasteiger partial charge < -0.3 is 5.32 Å². The summed E-state index contributed by atoms with van der Waals surface area (Å²) < 4.78 is 0. The number of pyridine rings is 1. The van der Waals surface area contributed by atoms with Gasteiger partial charge in [-0.2, -0.15) is 0 Å². The van der Waals surface area contributed by atoms with E-state index in [1.54, 1.807) is 18.7 Å². The number of hydrogen-bond acceptors (Lipinski definition) is 6. The predicted octanol–water partition coefficient (Wildman–Crippen LogP) is 4.33. The Kier molecular flexibility index (Phi) is 3.74. The number of hydrogen-bond donors (Lipinski definition) is 1. The van der Waals surface area contributed by atoms with Crippen molar-refractivity contribution in [3.05, 3.63) is 78.9 Å². The number of aromatic nitrogens is 3. The maximum atomic E-state index is 4.75. The fraction of sp³-hybridized carbons (Fsp3) is 0.0417. The fourth-order valence-electron chi connectivity index (χ4n) is 4.20. The van der Waals surface area contributed by atoms with E-state index in [1.807, 2.05) is 36.7 Å². The fourth-order valence-corrected chi connectivity index (χ4v) is 4.20. The van der Waals surface area contributed by atoms with Crippen molar-refractivity contribution in [3.8, 4) is 11.3 Å². The summed E-state index contributed by atoms with van der Waals surface area (Å²) >= 11 is 0. The molecule has 142 valence electrons. The van der Waals surface area contributed by atoms with Crippen LogP contribution in [0.3, 0.4) is 0 Å². The molecule has 0 amide bonds. The number of rotatable bonds is 2. The number of benzene rings is 3. The van der Waals surface area contributed by atoms with Crippen molar-refractivity contribution in [2.24, 2.45) is 9.98 Å². The van der Waals surface area contributed by atoms with Crippen LogP contribution in [0.25, 0.3) is 43.7 Å². The Hall–Kier alpha value is -4.19. The lowest BCUT2D eigenvalue weighted by atomic mass is 9.88. The van der Waals surface area contributed by atoms with Gasteiger partial charge in [0.05, 0.1) is 23.7 Å². The van der Waals surface area contributed by atoms with Crippen molar-refractivity contribution in [2.75, 3.05) is 6.67 Å². The topological polar surface area (TPSA) is 75.4 Å². The van der Waals surface area contributed by atoms with Gasteiger partial charge in [0, 0.05) is 45.9 Å². The van der Waals surface area contributed by atoms with E-state index >= 15 is 0 Å². The molecule has 5 aromatic rings. The predicted molar refractivity (Wildman–Crippen MR) is 121 cm³/mol. The Balaban J connectivity index is 1.89. The van der Waals surface area contributed by atoms with Crippen LogP contribution in [0, 0.1) is 0 Å². The quantitative estimate of drug-likeness (QED) is 0.361. The molecule has 6 rings (SSSR count). The third-order valence-electron chi connectivity index (χ3n) is 5.42. The summed E-state index contributed by atoms with van der Waals surface area (Å²) in [7, 11) is 0. The molecule has 0 fully saturated rings. The summed E-state index contributed by atoms with van der Waals surface area (Å²) in [5.74, 6) is 0.800. The van der Waals surface area contributed by atoms with Crippen LogP contribution in [0.15, 0.2) is 83.3 Å². The summed E-state index contributed by atoms with van der Waals surface area (Å²) in [5.41, 5.74) is 3.86. The average molecular weight is 388 g/mol. The van der Waals surface area contributed by atoms with E-state index in [4.69, 9.17) is 4.98 Å². The van der Waals surface area contributed by atoms with Crippen molar-refractivity contribution in [2.45, 2.75) is 0 Å². The Morgan fingerprint density at radius 3 is 2.30 bits per heavy atom. The molecule has 1 N–H and O–H groups in total. The average Bonchev–Trinajstić information content (AvgIpc) is 2.83. The second-order valence-electron chi connectivity index (χ2n) is 7.05. The molecule has 0 atom stereocenters. The Bertz CT molecular complexity index is 1490. The largest absolute Gasteiger partial charge is 0.331 e. The molecule has 0 saturated carbocycles. The molecule has 1 aliphatic rings. The Morgan fingerprint density at radius 2 is 1.53 bits per heavy atom. The van der Waals surface area contributed by atoms with E-state index < -0.39 is 0 Å². The van der Waals surface area contributed by atoms with Gasteiger partial charge in [0.2, 0.25) is 0 Å². The van der Waals surface area contributed by atoms with Crippen molar-refractivity contribution in [1.82, 2.24) is 20.3 Å². The highest BCUT2D eigenvalue weighted by Crippen LogP contribution is 2.41. The molecule has 0 spiro atoms. The lowest BCUT2D eigenvalue weighted by Crippen LogP contribution is -2.26. The van der Waals surface area contributed by atoms with Crippen LogP contribution in [-0.4, -0.2) is 33.8 Å². The van der Waals surface area contributed by atoms with Gasteiger partial charge in [-0.25, -0.2) is 4.99 Å². The van der Waals surface area contributed by atoms with Gasteiger partial charge in [-0.05, 0) is 16.8 Å². The first-order chi connectivity index (χ1) is 14.9. The van der Waals surface area contributed by atoms with Gasteiger partial charge in [0.1, 0.15) is 12.5 Å². The Morgan fingerprint density at radius 1 is 0.733 bits per heavy atom. The first-order valence-corrected chi connectivity index (χ1v) is 9.70. The second kappa shape index (κ2) is 6.70. The first-order valence-electron chi connectivity index (χ1n) is 9.70. The molecular weight excluding hydrogens is 372 g/mol. The molecule has 2 aromatic heterocycles. The molecule has 0 saturated heterocycles. The third kappa shape index (κ3) is 2.47. The maximum absolute atomic E-state index is 4.75. The zero-order valence-corrected chi connectivity index (χ0v) is 15.9. The normalized spacial score (nSPS) is 13.5. The first kappa shape index (κ1) is 16.7. The zero-order valence-electron chi connectivity index (χ0n) is 15.9. The molecule has 3 aromatic carbocycles. The number of nitrogens with one attached hydrogen (secondary N) is 1. The smallest absolute Gasteiger partial charge is 0.136 e. The summed E-state index contributed by atoms with van der Waals surface area (Å²) in [6.07, 6.45) is 8.89. The molecule has 3 heterocycles. The van der Waals surface area contributed by atoms with E-state index in [9.17, 15) is 0 Å². The van der Waals surface area contributed by atoms with Crippen LogP contribution < -0.4 is 5.32 Å². The van der Waals surface area contributed by atoms with Gasteiger partial charge in [0.25, 0.3) is 0 Å². The number of nitrogens with zero attached hydrogens (tertiary/aromatic N) is 5. The van der Waals surface area contributed by atoms with Crippen molar-refractivity contribution < 1.29 is 0 Å². The van der Waals surface area contributed by atoms with Crippen LogP contribution in [0.1, 0.15) is 5.56 Å². The van der Waals surface area contributed by atoms with E-state index in [-0.39, 0.29) is 0 Å². The standard InChI is InChI=1S/C24H16N6/c1-2-6-16-15(5-1)22(24-29-13-26-14-30-24)18-11-28-19-8-4-3-7-17(19)21(18)23(16)20-12-25-9-10-27-20/h1-13H,14H2,(H,26,29,30). The van der Waals surface area contributed by atoms with Gasteiger partial charge in [-0.3, -0.25) is 19.9 Å². The number of amidine groups is 1. The highest BCUT2D eigenvalue weighted by Gasteiger charge is 2.21. The van der Waals surface area contributed by atoms with E-state index in [0.29, 0.717) is 6.67 Å². The molecule has 6 nitrogen and oxygen atoms in total. The van der Waals surface area contributed by atoms with Crippen LogP contribution in [-0.2, 0) is 0 Å². The molecule has 0 aliphatic carbocycles. The highest BCUT2D eigenvalue weighted by molar-refractivity contribution is 6.30. The van der Waals surface area contributed by atoms with Crippen LogP contribution in [0.2, 0.25) is 0 Å². The number of para-hydroxylation sites is 1. The van der Waals surface area contributed by atoms with Gasteiger partial charge in [0.15, 0.2) is 0 Å². The van der Waals surface area contributed by atoms with Crippen LogP contribution in [0.4, 0.5) is 0 Å². The summed E-state index contributed by atoms with van der Waals surface area (Å²) in [4.78, 5) is 22.5. The highest BCUT2D eigenvalue weighted by atomic mass is 15.1. The molecule has 1 aliphatic heterocycles. The molecule has 0 unspecified atom stereocenters. The van der Waals surface area contributed by atoms with Crippen molar-refractivity contribution in [3.63, 3.8) is 0 Å². The lowest BCUT2D eigenvalue weighted by molar-refractivity contribution is 1.02. The second-order valence-corrected chi connectivity index (χ2v) is 7.05. The molecular formula is C24H16N6. The maximum Gasteiger partial charge on any atom is 0.136 e.